The highest BCUT2D eigenvalue weighted by molar-refractivity contribution is 5.71. The fourth-order valence-electron chi connectivity index (χ4n) is 7.76. The minimum Gasteiger partial charge on any atom is -0.462 e. The minimum atomic E-state index is -0.782. The van der Waals surface area contributed by atoms with Crippen LogP contribution in [0.2, 0.25) is 0 Å². The van der Waals surface area contributed by atoms with Gasteiger partial charge in [-0.25, -0.2) is 0 Å². The summed E-state index contributed by atoms with van der Waals surface area (Å²) in [5, 5.41) is 0. The third-order valence-electron chi connectivity index (χ3n) is 11.9. The van der Waals surface area contributed by atoms with Crippen molar-refractivity contribution in [3.63, 3.8) is 0 Å². The highest BCUT2D eigenvalue weighted by atomic mass is 16.6. The van der Waals surface area contributed by atoms with Crippen molar-refractivity contribution in [3.8, 4) is 0 Å². The fourth-order valence-corrected chi connectivity index (χ4v) is 7.76. The zero-order valence-corrected chi connectivity index (χ0v) is 43.4. The van der Waals surface area contributed by atoms with E-state index >= 15 is 0 Å². The van der Waals surface area contributed by atoms with Crippen molar-refractivity contribution in [2.75, 3.05) is 13.2 Å². The molecule has 0 aliphatic carbocycles. The molecule has 0 rings (SSSR count). The summed E-state index contributed by atoms with van der Waals surface area (Å²) in [5.41, 5.74) is 0. The number of unbranched alkanes of at least 4 members (excludes halogenated alkanes) is 27. The quantitative estimate of drug-likeness (QED) is 0.0262. The second-order valence-corrected chi connectivity index (χ2v) is 18.5. The Morgan fingerprint density at radius 1 is 0.318 bits per heavy atom. The zero-order chi connectivity index (χ0) is 47.9. The highest BCUT2D eigenvalue weighted by Crippen LogP contribution is 2.15. The molecular formula is C60H104O6. The Bertz CT molecular complexity index is 1240. The van der Waals surface area contributed by atoms with Crippen LogP contribution in [0.5, 0.6) is 0 Å². The van der Waals surface area contributed by atoms with E-state index in [9.17, 15) is 14.4 Å². The van der Waals surface area contributed by atoms with E-state index in [0.717, 1.165) is 109 Å². The summed E-state index contributed by atoms with van der Waals surface area (Å²) >= 11 is 0. The van der Waals surface area contributed by atoms with Gasteiger partial charge in [-0.1, -0.05) is 235 Å². The minimum absolute atomic E-state index is 0.0800. The number of ether oxygens (including phenoxy) is 3. The number of rotatable bonds is 50. The topological polar surface area (TPSA) is 78.9 Å². The molecule has 0 saturated carbocycles. The maximum absolute atomic E-state index is 12.8. The number of hydrogen-bond acceptors (Lipinski definition) is 6. The Balaban J connectivity index is 4.33. The summed E-state index contributed by atoms with van der Waals surface area (Å²) in [7, 11) is 0. The first-order chi connectivity index (χ1) is 32.5. The lowest BCUT2D eigenvalue weighted by atomic mass is 10.0. The van der Waals surface area contributed by atoms with Gasteiger partial charge in [0.2, 0.25) is 0 Å². The summed E-state index contributed by atoms with van der Waals surface area (Å²) in [4.78, 5) is 38.0. The van der Waals surface area contributed by atoms with Gasteiger partial charge in [0, 0.05) is 19.3 Å². The maximum atomic E-state index is 12.8. The van der Waals surface area contributed by atoms with Crippen LogP contribution in [0.4, 0.5) is 0 Å². The molecule has 0 aromatic heterocycles. The van der Waals surface area contributed by atoms with Gasteiger partial charge < -0.3 is 14.2 Å². The molecule has 0 aliphatic rings. The van der Waals surface area contributed by atoms with Gasteiger partial charge >= 0.3 is 17.9 Å². The van der Waals surface area contributed by atoms with Crippen molar-refractivity contribution in [1.29, 1.82) is 0 Å². The van der Waals surface area contributed by atoms with E-state index in [1.54, 1.807) is 0 Å². The fraction of sp³-hybridized carbons (Fsp3) is 0.750. The Labute approximate surface area is 408 Å². The van der Waals surface area contributed by atoms with Gasteiger partial charge in [-0.3, -0.25) is 14.4 Å². The van der Waals surface area contributed by atoms with E-state index in [0.29, 0.717) is 19.3 Å². The molecule has 0 amide bonds. The van der Waals surface area contributed by atoms with Crippen LogP contribution in [-0.2, 0) is 28.6 Å². The molecule has 6 heteroatoms. The van der Waals surface area contributed by atoms with Crippen LogP contribution in [0.1, 0.15) is 271 Å². The third-order valence-corrected chi connectivity index (χ3v) is 11.9. The molecule has 0 bridgehead atoms. The second-order valence-electron chi connectivity index (χ2n) is 18.5. The number of hydrogen-bond donors (Lipinski definition) is 0. The molecule has 0 spiro atoms. The number of allylic oxidation sites excluding steroid dienone is 12. The van der Waals surface area contributed by atoms with Gasteiger partial charge in [0.1, 0.15) is 13.2 Å². The van der Waals surface area contributed by atoms with E-state index in [1.807, 2.05) is 0 Å². The predicted molar refractivity (Wildman–Crippen MR) is 284 cm³/mol. The van der Waals surface area contributed by atoms with Crippen LogP contribution in [0.3, 0.4) is 0 Å². The molecule has 0 aromatic carbocycles. The summed E-state index contributed by atoms with van der Waals surface area (Å²) in [6, 6.07) is 0. The lowest BCUT2D eigenvalue weighted by Gasteiger charge is -2.18. The van der Waals surface area contributed by atoms with Crippen LogP contribution in [0.25, 0.3) is 0 Å². The predicted octanol–water partition coefficient (Wildman–Crippen LogP) is 18.6. The average molecular weight is 921 g/mol. The summed E-state index contributed by atoms with van der Waals surface area (Å²) in [6.45, 7) is 6.50. The molecule has 0 radical (unpaired) electrons. The Morgan fingerprint density at radius 2 is 0.591 bits per heavy atom. The average Bonchev–Trinajstić information content (AvgIpc) is 3.31. The normalized spacial score (nSPS) is 12.6. The first-order valence-electron chi connectivity index (χ1n) is 27.9. The highest BCUT2D eigenvalue weighted by Gasteiger charge is 2.19. The van der Waals surface area contributed by atoms with Crippen LogP contribution < -0.4 is 0 Å². The molecule has 0 aromatic rings. The number of carbonyl (C=O) groups is 3. The van der Waals surface area contributed by atoms with Crippen molar-refractivity contribution >= 4 is 17.9 Å². The number of carbonyl (C=O) groups excluding carboxylic acids is 3. The van der Waals surface area contributed by atoms with E-state index in [4.69, 9.17) is 14.2 Å². The zero-order valence-electron chi connectivity index (χ0n) is 43.4. The van der Waals surface area contributed by atoms with Crippen LogP contribution in [-0.4, -0.2) is 37.2 Å². The molecule has 0 N–H and O–H groups in total. The van der Waals surface area contributed by atoms with Gasteiger partial charge in [0.05, 0.1) is 0 Å². The molecule has 0 saturated heterocycles. The summed E-state index contributed by atoms with van der Waals surface area (Å²) in [5.74, 6) is -0.894. The largest absolute Gasteiger partial charge is 0.462 e. The van der Waals surface area contributed by atoms with Crippen molar-refractivity contribution in [3.05, 3.63) is 72.9 Å². The van der Waals surface area contributed by atoms with Crippen molar-refractivity contribution < 1.29 is 28.6 Å². The van der Waals surface area contributed by atoms with E-state index in [1.165, 1.54) is 122 Å². The molecule has 380 valence electrons. The van der Waals surface area contributed by atoms with E-state index in [2.05, 4.69) is 93.7 Å². The standard InChI is InChI=1S/C60H104O6/c1-4-7-10-13-16-19-22-25-26-27-28-29-30-31-32-33-34-36-38-41-44-47-50-53-59(62)65-56-57(55-64-58(61)52-49-46-43-40-37-24-21-18-15-12-9-6-3)66-60(63)54-51-48-45-42-39-35-23-20-17-14-11-8-5-2/h7,10,16,19-20,23,25-26,28-29,31-32,57H,4-6,8-9,11-15,17-18,21-22,24,27,30,33-56H2,1-3H3/b10-7-,19-16-,23-20-,26-25-,29-28-,32-31-. The Kier molecular flexibility index (Phi) is 51.9. The van der Waals surface area contributed by atoms with Crippen LogP contribution >= 0.6 is 0 Å². The Hall–Kier alpha value is -3.15. The smallest absolute Gasteiger partial charge is 0.306 e. The molecule has 66 heavy (non-hydrogen) atoms. The first kappa shape index (κ1) is 62.8. The monoisotopic (exact) mass is 921 g/mol. The van der Waals surface area contributed by atoms with Crippen LogP contribution in [0.15, 0.2) is 72.9 Å². The van der Waals surface area contributed by atoms with Gasteiger partial charge in [-0.2, -0.15) is 0 Å². The molecular weight excluding hydrogens is 817 g/mol. The summed E-state index contributed by atoms with van der Waals surface area (Å²) < 4.78 is 16.8. The summed E-state index contributed by atoms with van der Waals surface area (Å²) in [6.07, 6.45) is 68.9. The van der Waals surface area contributed by atoms with Gasteiger partial charge in [0.15, 0.2) is 6.10 Å². The lowest BCUT2D eigenvalue weighted by Crippen LogP contribution is -2.30. The second kappa shape index (κ2) is 54.5. The van der Waals surface area contributed by atoms with E-state index in [-0.39, 0.29) is 31.1 Å². The van der Waals surface area contributed by atoms with Crippen molar-refractivity contribution in [1.82, 2.24) is 0 Å². The molecule has 1 unspecified atom stereocenters. The van der Waals surface area contributed by atoms with Gasteiger partial charge in [0.25, 0.3) is 0 Å². The lowest BCUT2D eigenvalue weighted by molar-refractivity contribution is -0.167. The van der Waals surface area contributed by atoms with Crippen LogP contribution in [0, 0.1) is 0 Å². The van der Waals surface area contributed by atoms with Gasteiger partial charge in [-0.15, -0.1) is 0 Å². The molecule has 0 aliphatic heterocycles. The number of esters is 3. The molecule has 1 atom stereocenters. The molecule has 0 fully saturated rings. The molecule has 0 heterocycles. The first-order valence-corrected chi connectivity index (χ1v) is 27.9. The SMILES string of the molecule is CC/C=C\C/C=C\C/C=C\C/C=C\C/C=C\CCCCCCCCCC(=O)OCC(COC(=O)CCCCCCCCCCCCCC)OC(=O)CCCCCCC/C=C\CCCCCC. The maximum Gasteiger partial charge on any atom is 0.306 e. The van der Waals surface area contributed by atoms with Crippen molar-refractivity contribution in [2.24, 2.45) is 0 Å². The Morgan fingerprint density at radius 3 is 0.955 bits per heavy atom. The van der Waals surface area contributed by atoms with Gasteiger partial charge in [-0.05, 0) is 89.9 Å². The van der Waals surface area contributed by atoms with E-state index < -0.39 is 6.10 Å². The third kappa shape index (κ3) is 51.8. The van der Waals surface area contributed by atoms with Crippen molar-refractivity contribution in [2.45, 2.75) is 277 Å². The molecule has 6 nitrogen and oxygen atoms in total.